The average Bonchev–Trinajstić information content (AvgIpc) is 3.06. The Kier molecular flexibility index (Phi) is 5.35. The minimum Gasteiger partial charge on any atom is -0.423 e. The minimum absolute atomic E-state index is 0.0654. The second-order valence-electron chi connectivity index (χ2n) is 6.98. The van der Waals surface area contributed by atoms with Crippen molar-refractivity contribution >= 4 is 41.6 Å². The van der Waals surface area contributed by atoms with Crippen LogP contribution in [0.2, 0.25) is 5.02 Å². The zero-order valence-corrected chi connectivity index (χ0v) is 15.7. The molecule has 144 valence electrons. The van der Waals surface area contributed by atoms with Gasteiger partial charge >= 0.3 is 7.12 Å². The molecular weight excluding hydrogens is 383 g/mol. The van der Waals surface area contributed by atoms with Gasteiger partial charge in [0, 0.05) is 22.2 Å². The molecule has 2 atom stereocenters. The number of nitrogens with zero attached hydrogens (tertiary/aromatic N) is 3. The van der Waals surface area contributed by atoms with E-state index in [1.165, 1.54) is 0 Å². The number of benzene rings is 1. The van der Waals surface area contributed by atoms with Crippen molar-refractivity contribution in [3.05, 3.63) is 34.7 Å². The Morgan fingerprint density at radius 3 is 3.00 bits per heavy atom. The first kappa shape index (κ1) is 18.9. The van der Waals surface area contributed by atoms with Crippen LogP contribution in [0, 0.1) is 23.1 Å². The first-order valence-electron chi connectivity index (χ1n) is 9.13. The fraction of sp³-hybridized carbons (Fsp3) is 0.389. The lowest BCUT2D eigenvalue weighted by Crippen LogP contribution is -2.32. The lowest BCUT2D eigenvalue weighted by Gasteiger charge is -2.28. The molecule has 2 heterocycles. The number of anilines is 3. The number of fused-ring (bicyclic) bond motifs is 1. The molecule has 7 nitrogen and oxygen atoms in total. The fourth-order valence-electron chi connectivity index (χ4n) is 3.69. The molecule has 0 spiro atoms. The van der Waals surface area contributed by atoms with E-state index in [4.69, 9.17) is 16.3 Å². The Morgan fingerprint density at radius 1 is 1.36 bits per heavy atom. The van der Waals surface area contributed by atoms with Crippen LogP contribution in [-0.4, -0.2) is 28.2 Å². The molecular formula is C18H18BClFN5O2. The first-order valence-corrected chi connectivity index (χ1v) is 9.50. The predicted molar refractivity (Wildman–Crippen MR) is 104 cm³/mol. The van der Waals surface area contributed by atoms with Gasteiger partial charge < -0.3 is 20.3 Å². The van der Waals surface area contributed by atoms with E-state index in [2.05, 4.69) is 26.7 Å². The highest BCUT2D eigenvalue weighted by atomic mass is 35.5. The van der Waals surface area contributed by atoms with Gasteiger partial charge in [0.15, 0.2) is 11.6 Å². The van der Waals surface area contributed by atoms with Gasteiger partial charge in [0.2, 0.25) is 5.95 Å². The van der Waals surface area contributed by atoms with Crippen LogP contribution in [0.15, 0.2) is 18.3 Å². The van der Waals surface area contributed by atoms with E-state index in [1.54, 1.807) is 12.1 Å². The molecule has 1 unspecified atom stereocenters. The number of halogens is 2. The van der Waals surface area contributed by atoms with Crippen molar-refractivity contribution in [3.8, 4) is 6.07 Å². The molecule has 1 fully saturated rings. The first-order chi connectivity index (χ1) is 13.5. The molecule has 1 aromatic heterocycles. The molecule has 3 N–H and O–H groups in total. The van der Waals surface area contributed by atoms with Gasteiger partial charge in [-0.3, -0.25) is 0 Å². The standard InChI is InChI=1S/C18H18BClFN5O2/c20-13-6-12(5-11-9-28-19(27)16(11)13)24-18-23-8-14(21)17(26-18)25-15-4-2-1-3-10(15)7-22/h5-6,8,10,15,27H,1-4,9H2,(H2,23,24,25,26)/t10-,15?/m1/s1. The molecule has 0 bridgehead atoms. The Balaban J connectivity index is 1.55. The highest BCUT2D eigenvalue weighted by Gasteiger charge is 2.30. The van der Waals surface area contributed by atoms with Crippen LogP contribution in [-0.2, 0) is 11.3 Å². The molecule has 28 heavy (non-hydrogen) atoms. The van der Waals surface area contributed by atoms with Crippen LogP contribution in [0.5, 0.6) is 0 Å². The maximum atomic E-state index is 14.2. The van der Waals surface area contributed by atoms with Gasteiger partial charge in [-0.1, -0.05) is 24.4 Å². The summed E-state index contributed by atoms with van der Waals surface area (Å²) in [5, 5.41) is 25.5. The van der Waals surface area contributed by atoms with Crippen molar-refractivity contribution in [2.45, 2.75) is 38.3 Å². The maximum Gasteiger partial charge on any atom is 0.493 e. The van der Waals surface area contributed by atoms with Crippen molar-refractivity contribution in [2.75, 3.05) is 10.6 Å². The number of nitrogens with one attached hydrogen (secondary N) is 2. The third-order valence-corrected chi connectivity index (χ3v) is 5.43. The Hall–Kier alpha value is -2.41. The lowest BCUT2D eigenvalue weighted by molar-refractivity contribution is 0.275. The summed E-state index contributed by atoms with van der Waals surface area (Å²) in [5.74, 6) is -0.475. The van der Waals surface area contributed by atoms with Gasteiger partial charge in [0.25, 0.3) is 0 Å². The van der Waals surface area contributed by atoms with Crippen molar-refractivity contribution in [1.29, 1.82) is 5.26 Å². The molecule has 2 aliphatic rings. The van der Waals surface area contributed by atoms with Gasteiger partial charge in [-0.15, -0.1) is 0 Å². The van der Waals surface area contributed by atoms with Crippen LogP contribution >= 0.6 is 11.6 Å². The molecule has 0 saturated heterocycles. The van der Waals surface area contributed by atoms with Crippen LogP contribution in [0.4, 0.5) is 21.8 Å². The third-order valence-electron chi connectivity index (χ3n) is 5.11. The van der Waals surface area contributed by atoms with E-state index in [1.807, 2.05) is 0 Å². The summed E-state index contributed by atoms with van der Waals surface area (Å²) < 4.78 is 19.4. The lowest BCUT2D eigenvalue weighted by atomic mass is 9.79. The van der Waals surface area contributed by atoms with E-state index in [9.17, 15) is 14.7 Å². The smallest absolute Gasteiger partial charge is 0.423 e. The number of nitriles is 1. The molecule has 10 heteroatoms. The quantitative estimate of drug-likeness (QED) is 0.677. The van der Waals surface area contributed by atoms with E-state index >= 15 is 0 Å². The summed E-state index contributed by atoms with van der Waals surface area (Å²) in [6.07, 6.45) is 4.69. The van der Waals surface area contributed by atoms with Gasteiger partial charge in [-0.05, 0) is 30.5 Å². The third kappa shape index (κ3) is 3.76. The van der Waals surface area contributed by atoms with Crippen LogP contribution in [0.25, 0.3) is 0 Å². The Labute approximate surface area is 167 Å². The van der Waals surface area contributed by atoms with Gasteiger partial charge in [0.1, 0.15) is 0 Å². The number of rotatable bonds is 4. The van der Waals surface area contributed by atoms with E-state index < -0.39 is 12.9 Å². The Bertz CT molecular complexity index is 941. The van der Waals surface area contributed by atoms with Gasteiger partial charge in [0.05, 0.1) is 24.8 Å². The highest BCUT2D eigenvalue weighted by molar-refractivity contribution is 6.65. The van der Waals surface area contributed by atoms with Crippen molar-refractivity contribution < 1.29 is 14.1 Å². The molecule has 0 amide bonds. The second-order valence-corrected chi connectivity index (χ2v) is 7.39. The van der Waals surface area contributed by atoms with Crippen LogP contribution in [0.1, 0.15) is 31.2 Å². The topological polar surface area (TPSA) is 103 Å². The molecule has 0 radical (unpaired) electrons. The number of hydrogen-bond acceptors (Lipinski definition) is 7. The minimum atomic E-state index is -1.03. The summed E-state index contributed by atoms with van der Waals surface area (Å²) in [7, 11) is -1.03. The molecule has 1 aromatic carbocycles. The predicted octanol–water partition coefficient (Wildman–Crippen LogP) is 2.72. The van der Waals surface area contributed by atoms with E-state index in [0.717, 1.165) is 37.4 Å². The zero-order valence-electron chi connectivity index (χ0n) is 15.0. The van der Waals surface area contributed by atoms with E-state index in [-0.39, 0.29) is 30.3 Å². The average molecular weight is 402 g/mol. The van der Waals surface area contributed by atoms with E-state index in [0.29, 0.717) is 16.2 Å². The summed E-state index contributed by atoms with van der Waals surface area (Å²) in [6.45, 7) is 0.250. The Morgan fingerprint density at radius 2 is 2.18 bits per heavy atom. The van der Waals surface area contributed by atoms with Gasteiger partial charge in [-0.25, -0.2) is 9.37 Å². The SMILES string of the molecule is N#C[C@H]1CCCCC1Nc1nc(Nc2cc(Cl)c3c(c2)COB3O)ncc1F. The van der Waals surface area contributed by atoms with Crippen molar-refractivity contribution in [1.82, 2.24) is 9.97 Å². The normalized spacial score (nSPS) is 21.1. The largest absolute Gasteiger partial charge is 0.493 e. The van der Waals surface area contributed by atoms with Crippen LogP contribution < -0.4 is 16.1 Å². The summed E-state index contributed by atoms with van der Waals surface area (Å²) >= 11 is 6.23. The van der Waals surface area contributed by atoms with Gasteiger partial charge in [-0.2, -0.15) is 10.2 Å². The van der Waals surface area contributed by atoms with Crippen molar-refractivity contribution in [3.63, 3.8) is 0 Å². The summed E-state index contributed by atoms with van der Waals surface area (Å²) in [5.41, 5.74) is 1.92. The summed E-state index contributed by atoms with van der Waals surface area (Å²) in [4.78, 5) is 8.21. The monoisotopic (exact) mass is 401 g/mol. The molecule has 1 aliphatic heterocycles. The second kappa shape index (κ2) is 7.91. The van der Waals surface area contributed by atoms with Crippen molar-refractivity contribution in [2.24, 2.45) is 5.92 Å². The summed E-state index contributed by atoms with van der Waals surface area (Å²) in [6, 6.07) is 5.57. The number of hydrogen-bond donors (Lipinski definition) is 3. The van der Waals surface area contributed by atoms with Crippen LogP contribution in [0.3, 0.4) is 0 Å². The molecule has 2 aromatic rings. The molecule has 1 saturated carbocycles. The molecule has 4 rings (SSSR count). The molecule has 1 aliphatic carbocycles. The highest BCUT2D eigenvalue weighted by Crippen LogP contribution is 2.28. The number of aromatic nitrogens is 2. The maximum absolute atomic E-state index is 14.2. The zero-order chi connectivity index (χ0) is 19.7. The fourth-order valence-corrected chi connectivity index (χ4v) is 4.02.